The number of hydrogen-bond acceptors (Lipinski definition) is 4. The van der Waals surface area contributed by atoms with Crippen molar-refractivity contribution < 1.29 is 4.74 Å². The molecule has 1 aromatic carbocycles. The zero-order chi connectivity index (χ0) is 10.6. The molecule has 4 N–H and O–H groups in total. The highest BCUT2D eigenvalue weighted by atomic mass is 79.9. The molecule has 0 heterocycles. The average Bonchev–Trinajstić information content (AvgIpc) is 2.20. The largest absolute Gasteiger partial charge is 0.496 e. The number of ether oxygens (including phenoxy) is 1. The van der Waals surface area contributed by atoms with Crippen molar-refractivity contribution >= 4 is 15.9 Å². The quantitative estimate of drug-likeness (QED) is 0.431. The molecule has 0 aromatic heterocycles. The second-order valence-corrected chi connectivity index (χ2v) is 3.64. The molecule has 0 bridgehead atoms. The summed E-state index contributed by atoms with van der Waals surface area (Å²) < 4.78 is 6.04. The van der Waals surface area contributed by atoms with E-state index in [0.29, 0.717) is 0 Å². The van der Waals surface area contributed by atoms with Crippen LogP contribution in [0.1, 0.15) is 11.7 Å². The molecule has 0 aliphatic rings. The number of rotatable bonds is 4. The van der Waals surface area contributed by atoms with Crippen molar-refractivity contribution in [1.29, 1.82) is 0 Å². The van der Waals surface area contributed by atoms with E-state index < -0.39 is 0 Å². The van der Waals surface area contributed by atoms with Gasteiger partial charge in [-0.25, -0.2) is 5.43 Å². The topological polar surface area (TPSA) is 59.3 Å². The summed E-state index contributed by atoms with van der Waals surface area (Å²) in [7, 11) is 3.47. The van der Waals surface area contributed by atoms with E-state index in [4.69, 9.17) is 10.6 Å². The summed E-state index contributed by atoms with van der Waals surface area (Å²) in [5.41, 5.74) is 3.70. The predicted molar refractivity (Wildman–Crippen MR) is 59.8 cm³/mol. The van der Waals surface area contributed by atoms with Crippen molar-refractivity contribution in [2.45, 2.75) is 6.17 Å². The van der Waals surface area contributed by atoms with Crippen LogP contribution in [0.25, 0.3) is 0 Å². The summed E-state index contributed by atoms with van der Waals surface area (Å²) in [5.74, 6) is 6.18. The fraction of sp³-hybridized carbons (Fsp3) is 0.333. The molecule has 1 unspecified atom stereocenters. The monoisotopic (exact) mass is 259 g/mol. The molecule has 5 heteroatoms. The third-order valence-corrected chi connectivity index (χ3v) is 2.58. The van der Waals surface area contributed by atoms with Crippen LogP contribution in [-0.4, -0.2) is 14.2 Å². The van der Waals surface area contributed by atoms with Gasteiger partial charge in [-0.05, 0) is 40.7 Å². The normalized spacial score (nSPS) is 12.6. The number of nitrogens with two attached hydrogens (primary N) is 1. The maximum absolute atomic E-state index is 5.38. The minimum absolute atomic E-state index is 0.0581. The van der Waals surface area contributed by atoms with Gasteiger partial charge in [0.2, 0.25) is 0 Å². The first-order chi connectivity index (χ1) is 6.72. The fourth-order valence-corrected chi connectivity index (χ4v) is 1.77. The Balaban J connectivity index is 2.95. The van der Waals surface area contributed by atoms with E-state index in [1.54, 1.807) is 7.11 Å². The van der Waals surface area contributed by atoms with Gasteiger partial charge in [0, 0.05) is 0 Å². The van der Waals surface area contributed by atoms with E-state index in [1.807, 2.05) is 25.2 Å². The van der Waals surface area contributed by atoms with Crippen molar-refractivity contribution in [2.24, 2.45) is 5.84 Å². The standard InChI is InChI=1S/C9H14BrN3O/c1-12-9(13-11)6-3-4-8(14-2)7(10)5-6/h3-5,9,12-13H,11H2,1-2H3. The zero-order valence-corrected chi connectivity index (χ0v) is 9.76. The summed E-state index contributed by atoms with van der Waals surface area (Å²) in [6, 6.07) is 5.80. The molecule has 0 spiro atoms. The van der Waals surface area contributed by atoms with Crippen molar-refractivity contribution in [2.75, 3.05) is 14.2 Å². The molecule has 1 atom stereocenters. The minimum atomic E-state index is -0.0581. The molecule has 0 amide bonds. The van der Waals surface area contributed by atoms with Gasteiger partial charge in [-0.3, -0.25) is 5.84 Å². The number of hydrogen-bond donors (Lipinski definition) is 3. The second-order valence-electron chi connectivity index (χ2n) is 2.78. The number of halogens is 1. The third kappa shape index (κ3) is 2.45. The van der Waals surface area contributed by atoms with Crippen LogP contribution in [0.15, 0.2) is 22.7 Å². The van der Waals surface area contributed by atoms with Gasteiger partial charge in [-0.1, -0.05) is 6.07 Å². The van der Waals surface area contributed by atoms with Crippen molar-refractivity contribution in [1.82, 2.24) is 10.7 Å². The molecule has 0 radical (unpaired) electrons. The summed E-state index contributed by atoms with van der Waals surface area (Å²) >= 11 is 3.41. The molecular weight excluding hydrogens is 246 g/mol. The molecule has 1 rings (SSSR count). The highest BCUT2D eigenvalue weighted by molar-refractivity contribution is 9.10. The molecule has 0 aliphatic heterocycles. The maximum atomic E-state index is 5.38. The molecule has 0 saturated carbocycles. The predicted octanol–water partition coefficient (Wildman–Crippen LogP) is 1.14. The Morgan fingerprint density at radius 1 is 1.50 bits per heavy atom. The SMILES string of the molecule is CNC(NN)c1ccc(OC)c(Br)c1. The lowest BCUT2D eigenvalue weighted by Gasteiger charge is -2.16. The molecule has 0 fully saturated rings. The first-order valence-corrected chi connectivity index (χ1v) is 4.99. The van der Waals surface area contributed by atoms with E-state index in [-0.39, 0.29) is 6.17 Å². The maximum Gasteiger partial charge on any atom is 0.133 e. The number of hydrazine groups is 1. The Hall–Kier alpha value is -0.620. The van der Waals surface area contributed by atoms with Crippen LogP contribution in [0.5, 0.6) is 5.75 Å². The molecule has 1 aromatic rings. The van der Waals surface area contributed by atoms with E-state index in [0.717, 1.165) is 15.8 Å². The number of nitrogens with one attached hydrogen (secondary N) is 2. The molecular formula is C9H14BrN3O. The van der Waals surface area contributed by atoms with E-state index in [2.05, 4.69) is 26.7 Å². The van der Waals surface area contributed by atoms with Crippen molar-refractivity contribution in [3.05, 3.63) is 28.2 Å². The lowest BCUT2D eigenvalue weighted by atomic mass is 10.2. The minimum Gasteiger partial charge on any atom is -0.496 e. The molecule has 14 heavy (non-hydrogen) atoms. The molecule has 0 aliphatic carbocycles. The van der Waals surface area contributed by atoms with Gasteiger partial charge in [0.1, 0.15) is 5.75 Å². The van der Waals surface area contributed by atoms with Gasteiger partial charge in [0.05, 0.1) is 17.7 Å². The number of benzene rings is 1. The van der Waals surface area contributed by atoms with Gasteiger partial charge in [0.15, 0.2) is 0 Å². The highest BCUT2D eigenvalue weighted by Crippen LogP contribution is 2.27. The highest BCUT2D eigenvalue weighted by Gasteiger charge is 2.08. The third-order valence-electron chi connectivity index (χ3n) is 1.96. The lowest BCUT2D eigenvalue weighted by molar-refractivity contribution is 0.411. The van der Waals surface area contributed by atoms with Crippen molar-refractivity contribution in [3.8, 4) is 5.75 Å². The summed E-state index contributed by atoms with van der Waals surface area (Å²) in [6.07, 6.45) is -0.0581. The van der Waals surface area contributed by atoms with Crippen LogP contribution in [0.3, 0.4) is 0 Å². The fourth-order valence-electron chi connectivity index (χ4n) is 1.21. The average molecular weight is 260 g/mol. The smallest absolute Gasteiger partial charge is 0.133 e. The Kier molecular flexibility index (Phi) is 4.34. The van der Waals surface area contributed by atoms with Crippen LogP contribution in [0.4, 0.5) is 0 Å². The molecule has 4 nitrogen and oxygen atoms in total. The summed E-state index contributed by atoms with van der Waals surface area (Å²) in [6.45, 7) is 0. The van der Waals surface area contributed by atoms with E-state index >= 15 is 0 Å². The Bertz CT molecular complexity index is 302. The van der Waals surface area contributed by atoms with Crippen molar-refractivity contribution in [3.63, 3.8) is 0 Å². The zero-order valence-electron chi connectivity index (χ0n) is 8.17. The van der Waals surface area contributed by atoms with Crippen LogP contribution in [0.2, 0.25) is 0 Å². The second kappa shape index (κ2) is 5.31. The van der Waals surface area contributed by atoms with Gasteiger partial charge < -0.3 is 10.1 Å². The van der Waals surface area contributed by atoms with Crippen LogP contribution < -0.4 is 21.3 Å². The van der Waals surface area contributed by atoms with Gasteiger partial charge in [-0.15, -0.1) is 0 Å². The lowest BCUT2D eigenvalue weighted by Crippen LogP contribution is -2.36. The van der Waals surface area contributed by atoms with Gasteiger partial charge in [0.25, 0.3) is 0 Å². The molecule has 78 valence electrons. The van der Waals surface area contributed by atoms with E-state index in [9.17, 15) is 0 Å². The Morgan fingerprint density at radius 3 is 2.64 bits per heavy atom. The first-order valence-electron chi connectivity index (χ1n) is 4.19. The van der Waals surface area contributed by atoms with Crippen LogP contribution in [-0.2, 0) is 0 Å². The van der Waals surface area contributed by atoms with E-state index in [1.165, 1.54) is 0 Å². The van der Waals surface area contributed by atoms with Crippen LogP contribution in [0, 0.1) is 0 Å². The summed E-state index contributed by atoms with van der Waals surface area (Å²) in [5, 5.41) is 3.03. The first kappa shape index (κ1) is 11.5. The van der Waals surface area contributed by atoms with Gasteiger partial charge >= 0.3 is 0 Å². The van der Waals surface area contributed by atoms with Crippen LogP contribution >= 0.6 is 15.9 Å². The molecule has 0 saturated heterocycles. The summed E-state index contributed by atoms with van der Waals surface area (Å²) in [4.78, 5) is 0. The Labute approximate surface area is 91.9 Å². The number of methoxy groups -OCH3 is 1. The van der Waals surface area contributed by atoms with Gasteiger partial charge in [-0.2, -0.15) is 0 Å². The Morgan fingerprint density at radius 2 is 2.21 bits per heavy atom.